The van der Waals surface area contributed by atoms with Crippen molar-refractivity contribution in [3.05, 3.63) is 29.6 Å². The maximum Gasteiger partial charge on any atom is 0.250 e. The Morgan fingerprint density at radius 2 is 2.28 bits per heavy atom. The second-order valence-corrected chi connectivity index (χ2v) is 4.60. The van der Waals surface area contributed by atoms with Crippen molar-refractivity contribution in [2.45, 2.75) is 25.3 Å². The number of carbonyl (C=O) groups is 1. The van der Waals surface area contributed by atoms with E-state index in [9.17, 15) is 9.18 Å². The molecule has 1 aromatic rings. The van der Waals surface area contributed by atoms with E-state index in [1.807, 2.05) is 0 Å². The van der Waals surface area contributed by atoms with Crippen LogP contribution in [-0.4, -0.2) is 25.0 Å². The van der Waals surface area contributed by atoms with Crippen LogP contribution >= 0.6 is 0 Å². The Labute approximate surface area is 106 Å². The van der Waals surface area contributed by atoms with Crippen LogP contribution in [0.2, 0.25) is 0 Å². The van der Waals surface area contributed by atoms with Gasteiger partial charge in [-0.1, -0.05) is 6.42 Å². The van der Waals surface area contributed by atoms with Crippen LogP contribution in [0.25, 0.3) is 0 Å². The zero-order valence-corrected chi connectivity index (χ0v) is 10.2. The van der Waals surface area contributed by atoms with Gasteiger partial charge in [0.05, 0.1) is 5.56 Å². The molecule has 1 aromatic carbocycles. The van der Waals surface area contributed by atoms with Crippen molar-refractivity contribution >= 4 is 11.6 Å². The number of hydrogen-bond donors (Lipinski definition) is 3. The molecule has 1 aliphatic rings. The molecule has 1 atom stereocenters. The molecule has 1 amide bonds. The number of nitrogens with two attached hydrogens (primary N) is 1. The van der Waals surface area contributed by atoms with Gasteiger partial charge in [0, 0.05) is 18.3 Å². The van der Waals surface area contributed by atoms with E-state index in [2.05, 4.69) is 10.6 Å². The van der Waals surface area contributed by atoms with Gasteiger partial charge < -0.3 is 16.4 Å². The lowest BCUT2D eigenvalue weighted by molar-refractivity contribution is 0.100. The first kappa shape index (κ1) is 12.8. The average Bonchev–Trinajstić information content (AvgIpc) is 2.60. The van der Waals surface area contributed by atoms with E-state index < -0.39 is 11.7 Å². The standard InChI is InChI=1S/C13H18FN3O/c14-9-4-5-12(11(7-9)13(15)18)17-10-3-1-2-6-16-8-10/h4-5,7,10,16-17H,1-3,6,8H2,(H2,15,18). The number of rotatable bonds is 3. The maximum atomic E-state index is 13.1. The van der Waals surface area contributed by atoms with E-state index in [1.165, 1.54) is 12.1 Å². The second-order valence-electron chi connectivity index (χ2n) is 4.60. The van der Waals surface area contributed by atoms with E-state index >= 15 is 0 Å². The van der Waals surface area contributed by atoms with Crippen LogP contribution in [-0.2, 0) is 0 Å². The summed E-state index contributed by atoms with van der Waals surface area (Å²) in [6.07, 6.45) is 3.32. The Morgan fingerprint density at radius 3 is 3.06 bits per heavy atom. The third kappa shape index (κ3) is 3.20. The average molecular weight is 251 g/mol. The summed E-state index contributed by atoms with van der Waals surface area (Å²) in [5.41, 5.74) is 6.07. The van der Waals surface area contributed by atoms with Gasteiger partial charge in [0.25, 0.3) is 5.91 Å². The van der Waals surface area contributed by atoms with Crippen molar-refractivity contribution in [2.24, 2.45) is 5.73 Å². The van der Waals surface area contributed by atoms with Crippen LogP contribution < -0.4 is 16.4 Å². The molecule has 0 aromatic heterocycles. The van der Waals surface area contributed by atoms with Gasteiger partial charge in [-0.3, -0.25) is 4.79 Å². The molecule has 98 valence electrons. The molecular formula is C13H18FN3O. The maximum absolute atomic E-state index is 13.1. The molecule has 0 spiro atoms. The molecule has 0 aliphatic carbocycles. The minimum atomic E-state index is -0.612. The highest BCUT2D eigenvalue weighted by molar-refractivity contribution is 5.98. The molecule has 1 heterocycles. The van der Waals surface area contributed by atoms with Crippen molar-refractivity contribution in [3.63, 3.8) is 0 Å². The SMILES string of the molecule is NC(=O)c1cc(F)ccc1NC1CCCCNC1. The minimum Gasteiger partial charge on any atom is -0.380 e. The molecule has 0 bridgehead atoms. The Hall–Kier alpha value is -1.62. The zero-order valence-electron chi connectivity index (χ0n) is 10.2. The molecule has 18 heavy (non-hydrogen) atoms. The van der Waals surface area contributed by atoms with Crippen molar-refractivity contribution in [1.29, 1.82) is 0 Å². The Kier molecular flexibility index (Phi) is 4.15. The van der Waals surface area contributed by atoms with Crippen molar-refractivity contribution in [2.75, 3.05) is 18.4 Å². The minimum absolute atomic E-state index is 0.208. The predicted molar refractivity (Wildman–Crippen MR) is 69.0 cm³/mol. The summed E-state index contributed by atoms with van der Waals surface area (Å²) < 4.78 is 13.1. The van der Waals surface area contributed by atoms with Gasteiger partial charge in [-0.05, 0) is 37.6 Å². The number of carbonyl (C=O) groups excluding carboxylic acids is 1. The van der Waals surface area contributed by atoms with E-state index in [0.717, 1.165) is 32.4 Å². The van der Waals surface area contributed by atoms with E-state index in [1.54, 1.807) is 6.07 Å². The number of primary amides is 1. The highest BCUT2D eigenvalue weighted by Crippen LogP contribution is 2.19. The summed E-state index contributed by atoms with van der Waals surface area (Å²) in [7, 11) is 0. The molecule has 1 unspecified atom stereocenters. The normalized spacial score (nSPS) is 20.2. The topological polar surface area (TPSA) is 67.2 Å². The molecule has 1 fully saturated rings. The molecule has 4 nitrogen and oxygen atoms in total. The van der Waals surface area contributed by atoms with Crippen LogP contribution in [0.5, 0.6) is 0 Å². The molecular weight excluding hydrogens is 233 g/mol. The fourth-order valence-corrected chi connectivity index (χ4v) is 2.21. The lowest BCUT2D eigenvalue weighted by Gasteiger charge is -2.19. The van der Waals surface area contributed by atoms with Crippen LogP contribution in [0.3, 0.4) is 0 Å². The fraction of sp³-hybridized carbons (Fsp3) is 0.462. The smallest absolute Gasteiger partial charge is 0.250 e. The van der Waals surface area contributed by atoms with E-state index in [-0.39, 0.29) is 11.6 Å². The van der Waals surface area contributed by atoms with Gasteiger partial charge in [-0.2, -0.15) is 0 Å². The lowest BCUT2D eigenvalue weighted by atomic mass is 10.1. The molecule has 1 aliphatic heterocycles. The number of benzene rings is 1. The monoisotopic (exact) mass is 251 g/mol. The van der Waals surface area contributed by atoms with Gasteiger partial charge in [-0.15, -0.1) is 0 Å². The van der Waals surface area contributed by atoms with Gasteiger partial charge in [-0.25, -0.2) is 4.39 Å². The van der Waals surface area contributed by atoms with Crippen molar-refractivity contribution < 1.29 is 9.18 Å². The van der Waals surface area contributed by atoms with E-state index in [0.29, 0.717) is 5.69 Å². The van der Waals surface area contributed by atoms with Crippen molar-refractivity contribution in [1.82, 2.24) is 5.32 Å². The number of amides is 1. The number of halogens is 1. The van der Waals surface area contributed by atoms with Crippen LogP contribution in [0, 0.1) is 5.82 Å². The molecule has 4 N–H and O–H groups in total. The largest absolute Gasteiger partial charge is 0.380 e. The fourth-order valence-electron chi connectivity index (χ4n) is 2.21. The summed E-state index contributed by atoms with van der Waals surface area (Å²) in [6, 6.07) is 4.32. The molecule has 0 saturated carbocycles. The molecule has 2 rings (SSSR count). The van der Waals surface area contributed by atoms with Crippen LogP contribution in [0.1, 0.15) is 29.6 Å². The summed E-state index contributed by atoms with van der Waals surface area (Å²) in [5, 5.41) is 6.59. The third-order valence-corrected chi connectivity index (χ3v) is 3.15. The van der Waals surface area contributed by atoms with Gasteiger partial charge >= 0.3 is 0 Å². The van der Waals surface area contributed by atoms with Crippen molar-refractivity contribution in [3.8, 4) is 0 Å². The zero-order chi connectivity index (χ0) is 13.0. The quantitative estimate of drug-likeness (QED) is 0.762. The van der Waals surface area contributed by atoms with Crippen LogP contribution in [0.15, 0.2) is 18.2 Å². The Morgan fingerprint density at radius 1 is 1.44 bits per heavy atom. The molecule has 5 heteroatoms. The number of hydrogen-bond acceptors (Lipinski definition) is 3. The molecule has 0 radical (unpaired) electrons. The third-order valence-electron chi connectivity index (χ3n) is 3.15. The van der Waals surface area contributed by atoms with Gasteiger partial charge in [0.2, 0.25) is 0 Å². The Balaban J connectivity index is 2.14. The summed E-state index contributed by atoms with van der Waals surface area (Å²) in [5.74, 6) is -1.06. The highest BCUT2D eigenvalue weighted by Gasteiger charge is 2.15. The van der Waals surface area contributed by atoms with E-state index in [4.69, 9.17) is 5.73 Å². The first-order valence-corrected chi connectivity index (χ1v) is 6.23. The summed E-state index contributed by atoms with van der Waals surface area (Å²) >= 11 is 0. The Bertz CT molecular complexity index is 428. The number of nitrogens with one attached hydrogen (secondary N) is 2. The second kappa shape index (κ2) is 5.82. The lowest BCUT2D eigenvalue weighted by Crippen LogP contribution is -2.31. The number of anilines is 1. The first-order chi connectivity index (χ1) is 8.66. The highest BCUT2D eigenvalue weighted by atomic mass is 19.1. The first-order valence-electron chi connectivity index (χ1n) is 6.23. The van der Waals surface area contributed by atoms with Crippen LogP contribution in [0.4, 0.5) is 10.1 Å². The van der Waals surface area contributed by atoms with Gasteiger partial charge in [0.15, 0.2) is 0 Å². The predicted octanol–water partition coefficient (Wildman–Crippen LogP) is 1.48. The molecule has 1 saturated heterocycles. The van der Waals surface area contributed by atoms with Gasteiger partial charge in [0.1, 0.15) is 5.82 Å². The summed E-state index contributed by atoms with van der Waals surface area (Å²) in [6.45, 7) is 1.86. The summed E-state index contributed by atoms with van der Waals surface area (Å²) in [4.78, 5) is 11.3.